The van der Waals surface area contributed by atoms with Gasteiger partial charge in [0, 0.05) is 12.8 Å². The summed E-state index contributed by atoms with van der Waals surface area (Å²) in [7, 11) is 0. The number of carboxylic acids is 1. The van der Waals surface area contributed by atoms with Crippen LogP contribution in [0, 0.1) is 5.82 Å². The Morgan fingerprint density at radius 1 is 1.12 bits per heavy atom. The van der Waals surface area contributed by atoms with E-state index in [4.69, 9.17) is 5.11 Å². The molecule has 0 aromatic heterocycles. The predicted molar refractivity (Wildman–Crippen MR) is 90.5 cm³/mol. The van der Waals surface area contributed by atoms with Gasteiger partial charge < -0.3 is 5.11 Å². The number of benzene rings is 2. The summed E-state index contributed by atoms with van der Waals surface area (Å²) >= 11 is 0. The first-order chi connectivity index (χ1) is 12.0. The molecule has 1 N–H and O–H groups in total. The number of carbonyl (C=O) groups excluding carboxylic acids is 1. The monoisotopic (exact) mass is 340 g/mol. The van der Waals surface area contributed by atoms with E-state index in [-0.39, 0.29) is 24.6 Å². The fraction of sp³-hybridized carbons (Fsp3) is 0.211. The second-order valence-electron chi connectivity index (χ2n) is 5.82. The highest BCUT2D eigenvalue weighted by Crippen LogP contribution is 2.33. The molecule has 0 spiro atoms. The Kier molecular flexibility index (Phi) is 4.88. The third kappa shape index (κ3) is 3.91. The third-order valence-electron chi connectivity index (χ3n) is 4.06. The normalized spacial score (nSPS) is 16.6. The largest absolute Gasteiger partial charge is 0.481 e. The molecule has 2 aromatic carbocycles. The highest BCUT2D eigenvalue weighted by Gasteiger charge is 2.33. The number of rotatable bonds is 5. The first-order valence-electron chi connectivity index (χ1n) is 7.97. The van der Waals surface area contributed by atoms with Crippen molar-refractivity contribution >= 4 is 17.6 Å². The van der Waals surface area contributed by atoms with E-state index in [1.807, 2.05) is 30.3 Å². The zero-order valence-corrected chi connectivity index (χ0v) is 13.4. The Morgan fingerprint density at radius 3 is 2.56 bits per heavy atom. The minimum absolute atomic E-state index is 0.146. The van der Waals surface area contributed by atoms with Gasteiger partial charge in [-0.3, -0.25) is 9.59 Å². The summed E-state index contributed by atoms with van der Waals surface area (Å²) in [5, 5.41) is 14.5. The zero-order chi connectivity index (χ0) is 17.8. The summed E-state index contributed by atoms with van der Waals surface area (Å²) in [6.45, 7) is 0. The van der Waals surface area contributed by atoms with E-state index in [0.717, 1.165) is 11.3 Å². The van der Waals surface area contributed by atoms with E-state index in [1.54, 1.807) is 12.1 Å². The Bertz CT molecular complexity index is 820. The average molecular weight is 340 g/mol. The first-order valence-corrected chi connectivity index (χ1v) is 7.97. The van der Waals surface area contributed by atoms with Crippen LogP contribution in [0.2, 0.25) is 0 Å². The molecule has 1 amide bonds. The number of hydrazone groups is 1. The fourth-order valence-corrected chi connectivity index (χ4v) is 2.85. The lowest BCUT2D eigenvalue weighted by molar-refractivity contribution is -0.141. The first kappa shape index (κ1) is 16.8. The van der Waals surface area contributed by atoms with Gasteiger partial charge in [0.1, 0.15) is 5.82 Å². The Morgan fingerprint density at radius 2 is 1.88 bits per heavy atom. The number of carboxylic acid groups (broad SMARTS) is 1. The van der Waals surface area contributed by atoms with Gasteiger partial charge >= 0.3 is 5.97 Å². The van der Waals surface area contributed by atoms with Crippen molar-refractivity contribution in [3.8, 4) is 0 Å². The topological polar surface area (TPSA) is 70.0 Å². The van der Waals surface area contributed by atoms with Crippen LogP contribution in [0.3, 0.4) is 0 Å². The number of carbonyl (C=O) groups is 2. The molecule has 1 unspecified atom stereocenters. The van der Waals surface area contributed by atoms with Gasteiger partial charge in [0.2, 0.25) is 5.91 Å². The molecule has 1 aliphatic rings. The predicted octanol–water partition coefficient (Wildman–Crippen LogP) is 3.37. The lowest BCUT2D eigenvalue weighted by Gasteiger charge is -2.21. The molecule has 3 rings (SSSR count). The van der Waals surface area contributed by atoms with Crippen molar-refractivity contribution in [2.24, 2.45) is 5.10 Å². The molecule has 0 saturated heterocycles. The minimum Gasteiger partial charge on any atom is -0.481 e. The summed E-state index contributed by atoms with van der Waals surface area (Å²) in [5.74, 6) is -1.81. The van der Waals surface area contributed by atoms with Crippen LogP contribution in [0.5, 0.6) is 0 Å². The lowest BCUT2D eigenvalue weighted by atomic mass is 9.98. The standard InChI is InChI=1S/C19H17FN2O3/c20-15-8-4-7-14(11-15)17-12-16(13-5-2-1-3-6-13)21-22(17)18(23)9-10-19(24)25/h1-8,11,17H,9-10,12H2,(H,24,25). The van der Waals surface area contributed by atoms with Crippen LogP contribution in [0.1, 0.15) is 36.4 Å². The molecule has 5 nitrogen and oxygen atoms in total. The van der Waals surface area contributed by atoms with Gasteiger partial charge in [-0.05, 0) is 23.3 Å². The van der Waals surface area contributed by atoms with Crippen LogP contribution in [-0.4, -0.2) is 27.7 Å². The van der Waals surface area contributed by atoms with Crippen LogP contribution in [-0.2, 0) is 9.59 Å². The maximum absolute atomic E-state index is 13.6. The molecule has 0 bridgehead atoms. The van der Waals surface area contributed by atoms with E-state index < -0.39 is 12.0 Å². The molecule has 0 saturated carbocycles. The summed E-state index contributed by atoms with van der Waals surface area (Å²) < 4.78 is 13.6. The highest BCUT2D eigenvalue weighted by atomic mass is 19.1. The van der Waals surface area contributed by atoms with Gasteiger partial charge in [-0.25, -0.2) is 9.40 Å². The maximum Gasteiger partial charge on any atom is 0.303 e. The Labute approximate surface area is 144 Å². The molecule has 25 heavy (non-hydrogen) atoms. The SMILES string of the molecule is O=C(O)CCC(=O)N1N=C(c2ccccc2)CC1c1cccc(F)c1. The maximum atomic E-state index is 13.6. The fourth-order valence-electron chi connectivity index (χ4n) is 2.85. The van der Waals surface area contributed by atoms with Crippen LogP contribution >= 0.6 is 0 Å². The van der Waals surface area contributed by atoms with E-state index in [2.05, 4.69) is 5.10 Å². The number of hydrogen-bond acceptors (Lipinski definition) is 3. The number of amides is 1. The van der Waals surface area contributed by atoms with E-state index in [1.165, 1.54) is 17.1 Å². The molecule has 1 atom stereocenters. The van der Waals surface area contributed by atoms with Crippen molar-refractivity contribution < 1.29 is 19.1 Å². The molecule has 0 aliphatic carbocycles. The molecule has 128 valence electrons. The molecule has 2 aromatic rings. The minimum atomic E-state index is -1.04. The molecular formula is C19H17FN2O3. The van der Waals surface area contributed by atoms with Crippen molar-refractivity contribution in [3.05, 3.63) is 71.5 Å². The van der Waals surface area contributed by atoms with Crippen molar-refractivity contribution in [1.29, 1.82) is 0 Å². The summed E-state index contributed by atoms with van der Waals surface area (Å²) in [5.41, 5.74) is 2.24. The van der Waals surface area contributed by atoms with Crippen molar-refractivity contribution in [3.63, 3.8) is 0 Å². The van der Waals surface area contributed by atoms with E-state index >= 15 is 0 Å². The summed E-state index contributed by atoms with van der Waals surface area (Å²) in [4.78, 5) is 23.2. The molecule has 1 heterocycles. The smallest absolute Gasteiger partial charge is 0.303 e. The second kappa shape index (κ2) is 7.25. The van der Waals surface area contributed by atoms with Crippen LogP contribution in [0.4, 0.5) is 4.39 Å². The third-order valence-corrected chi connectivity index (χ3v) is 4.06. The van der Waals surface area contributed by atoms with E-state index in [9.17, 15) is 14.0 Å². The van der Waals surface area contributed by atoms with Gasteiger partial charge in [-0.15, -0.1) is 0 Å². The molecule has 1 aliphatic heterocycles. The zero-order valence-electron chi connectivity index (χ0n) is 13.4. The summed E-state index contributed by atoms with van der Waals surface area (Å²) in [6.07, 6.45) is 0.0421. The Hall–Kier alpha value is -3.02. The molecule has 0 radical (unpaired) electrons. The van der Waals surface area contributed by atoms with E-state index in [0.29, 0.717) is 12.0 Å². The second-order valence-corrected chi connectivity index (χ2v) is 5.82. The van der Waals surface area contributed by atoms with Crippen LogP contribution < -0.4 is 0 Å². The average Bonchev–Trinajstić information content (AvgIpc) is 3.06. The van der Waals surface area contributed by atoms with Crippen LogP contribution in [0.15, 0.2) is 59.7 Å². The van der Waals surface area contributed by atoms with Crippen LogP contribution in [0.25, 0.3) is 0 Å². The van der Waals surface area contributed by atoms with Crippen molar-refractivity contribution in [1.82, 2.24) is 5.01 Å². The number of nitrogens with zero attached hydrogens (tertiary/aromatic N) is 2. The molecule has 0 fully saturated rings. The van der Waals surface area contributed by atoms with Crippen molar-refractivity contribution in [2.45, 2.75) is 25.3 Å². The highest BCUT2D eigenvalue weighted by molar-refractivity contribution is 6.03. The van der Waals surface area contributed by atoms with Gasteiger partial charge in [0.05, 0.1) is 18.2 Å². The Balaban J connectivity index is 1.90. The number of halogens is 1. The molecule has 6 heteroatoms. The lowest BCUT2D eigenvalue weighted by Crippen LogP contribution is -2.27. The van der Waals surface area contributed by atoms with Crippen molar-refractivity contribution in [2.75, 3.05) is 0 Å². The van der Waals surface area contributed by atoms with Gasteiger partial charge in [0.15, 0.2) is 0 Å². The quantitative estimate of drug-likeness (QED) is 0.907. The summed E-state index contributed by atoms with van der Waals surface area (Å²) in [6, 6.07) is 15.1. The van der Waals surface area contributed by atoms with Gasteiger partial charge in [-0.2, -0.15) is 5.10 Å². The molecular weight excluding hydrogens is 323 g/mol. The number of hydrogen-bond donors (Lipinski definition) is 1. The van der Waals surface area contributed by atoms with Gasteiger partial charge in [0.25, 0.3) is 0 Å². The number of aliphatic carboxylic acids is 1. The van der Waals surface area contributed by atoms with Gasteiger partial charge in [-0.1, -0.05) is 42.5 Å².